The van der Waals surface area contributed by atoms with E-state index in [1.165, 1.54) is 0 Å². The van der Waals surface area contributed by atoms with Gasteiger partial charge in [0.05, 0.1) is 5.92 Å². The number of carbonyl (C=O) groups is 2. The molecule has 4 heteroatoms. The minimum absolute atomic E-state index is 0.170. The summed E-state index contributed by atoms with van der Waals surface area (Å²) in [5.74, 6) is -0.571. The molecule has 1 aromatic carbocycles. The van der Waals surface area contributed by atoms with Crippen LogP contribution in [0.1, 0.15) is 12.0 Å². The number of anilines is 1. The number of rotatable bonds is 2. The van der Waals surface area contributed by atoms with E-state index in [9.17, 15) is 9.59 Å². The average molecular weight is 204 g/mol. The summed E-state index contributed by atoms with van der Waals surface area (Å²) in [6, 6.07) is 7.35. The first-order valence-corrected chi connectivity index (χ1v) is 4.83. The molecule has 0 radical (unpaired) electrons. The molecular formula is C11H12N2O2. The summed E-state index contributed by atoms with van der Waals surface area (Å²) in [6.07, 6.45) is 0.890. The maximum atomic E-state index is 11.3. The molecule has 0 aromatic heterocycles. The predicted molar refractivity (Wildman–Crippen MR) is 55.8 cm³/mol. The molecule has 1 aliphatic rings. The van der Waals surface area contributed by atoms with Gasteiger partial charge in [0.1, 0.15) is 0 Å². The van der Waals surface area contributed by atoms with Gasteiger partial charge >= 0.3 is 0 Å². The van der Waals surface area contributed by atoms with Crippen LogP contribution in [0.5, 0.6) is 0 Å². The molecule has 1 atom stereocenters. The minimum atomic E-state index is -0.221. The maximum Gasteiger partial charge on any atom is 0.230 e. The Morgan fingerprint density at radius 3 is 2.47 bits per heavy atom. The summed E-state index contributed by atoms with van der Waals surface area (Å²) in [5.41, 5.74) is 7.28. The van der Waals surface area contributed by atoms with Crippen LogP contribution in [-0.2, 0) is 16.0 Å². The molecule has 1 heterocycles. The van der Waals surface area contributed by atoms with Crippen LogP contribution in [0, 0.1) is 5.92 Å². The van der Waals surface area contributed by atoms with Crippen LogP contribution >= 0.6 is 0 Å². The lowest BCUT2D eigenvalue weighted by molar-refractivity contribution is -0.125. The van der Waals surface area contributed by atoms with Gasteiger partial charge in [0.15, 0.2) is 0 Å². The molecule has 0 saturated carbocycles. The van der Waals surface area contributed by atoms with Crippen molar-refractivity contribution < 1.29 is 9.59 Å². The Balaban J connectivity index is 2.06. The quantitative estimate of drug-likeness (QED) is 0.543. The highest BCUT2D eigenvalue weighted by Crippen LogP contribution is 2.17. The Morgan fingerprint density at radius 1 is 1.27 bits per heavy atom. The summed E-state index contributed by atoms with van der Waals surface area (Å²) in [7, 11) is 0. The third-order valence-electron chi connectivity index (χ3n) is 2.53. The van der Waals surface area contributed by atoms with Crippen LogP contribution in [0.4, 0.5) is 5.69 Å². The smallest absolute Gasteiger partial charge is 0.230 e. The van der Waals surface area contributed by atoms with Gasteiger partial charge in [-0.25, -0.2) is 0 Å². The van der Waals surface area contributed by atoms with E-state index in [1.54, 1.807) is 12.1 Å². The third-order valence-corrected chi connectivity index (χ3v) is 2.53. The Bertz CT molecular complexity index is 398. The van der Waals surface area contributed by atoms with E-state index >= 15 is 0 Å². The molecule has 1 aromatic rings. The number of benzene rings is 1. The summed E-state index contributed by atoms with van der Waals surface area (Å²) in [5, 5.41) is 2.30. The lowest BCUT2D eigenvalue weighted by Gasteiger charge is -2.05. The fourth-order valence-electron chi connectivity index (χ4n) is 1.71. The Labute approximate surface area is 87.5 Å². The zero-order valence-electron chi connectivity index (χ0n) is 8.19. The molecule has 0 aliphatic carbocycles. The van der Waals surface area contributed by atoms with Crippen molar-refractivity contribution in [1.82, 2.24) is 5.32 Å². The summed E-state index contributed by atoms with van der Waals surface area (Å²) in [4.78, 5) is 22.3. The van der Waals surface area contributed by atoms with Crippen LogP contribution in [0.25, 0.3) is 0 Å². The van der Waals surface area contributed by atoms with Crippen molar-refractivity contribution in [2.75, 3.05) is 5.73 Å². The topological polar surface area (TPSA) is 72.2 Å². The largest absolute Gasteiger partial charge is 0.399 e. The highest BCUT2D eigenvalue weighted by molar-refractivity contribution is 6.03. The second-order valence-electron chi connectivity index (χ2n) is 3.76. The molecular weight excluding hydrogens is 192 g/mol. The van der Waals surface area contributed by atoms with Crippen LogP contribution in [0.2, 0.25) is 0 Å². The number of nitrogens with one attached hydrogen (secondary N) is 1. The molecule has 1 fully saturated rings. The third kappa shape index (κ3) is 2.15. The zero-order chi connectivity index (χ0) is 10.8. The standard InChI is InChI=1S/C11H12N2O2/c12-9-3-1-7(2-4-9)5-8-6-10(14)13-11(8)15/h1-4,8H,5-6,12H2,(H,13,14,15)/t8-/m1/s1. The Hall–Kier alpha value is -1.84. The van der Waals surface area contributed by atoms with Gasteiger partial charge in [-0.1, -0.05) is 12.1 Å². The number of nitrogens with two attached hydrogens (primary N) is 1. The van der Waals surface area contributed by atoms with Crippen molar-refractivity contribution >= 4 is 17.5 Å². The van der Waals surface area contributed by atoms with E-state index < -0.39 is 0 Å². The van der Waals surface area contributed by atoms with Crippen molar-refractivity contribution in [2.45, 2.75) is 12.8 Å². The molecule has 2 rings (SSSR count). The van der Waals surface area contributed by atoms with Crippen LogP contribution in [-0.4, -0.2) is 11.8 Å². The number of hydrogen-bond donors (Lipinski definition) is 2. The molecule has 0 spiro atoms. The zero-order valence-corrected chi connectivity index (χ0v) is 8.19. The van der Waals surface area contributed by atoms with Crippen molar-refractivity contribution in [1.29, 1.82) is 0 Å². The first kappa shape index (κ1) is 9.71. The molecule has 78 valence electrons. The molecule has 3 N–H and O–H groups in total. The number of hydrogen-bond acceptors (Lipinski definition) is 3. The highest BCUT2D eigenvalue weighted by atomic mass is 16.2. The minimum Gasteiger partial charge on any atom is -0.399 e. The van der Waals surface area contributed by atoms with Gasteiger partial charge in [-0.3, -0.25) is 14.9 Å². The number of carbonyl (C=O) groups excluding carboxylic acids is 2. The fourth-order valence-corrected chi connectivity index (χ4v) is 1.71. The van der Waals surface area contributed by atoms with Gasteiger partial charge in [0.25, 0.3) is 0 Å². The highest BCUT2D eigenvalue weighted by Gasteiger charge is 2.30. The van der Waals surface area contributed by atoms with Gasteiger partial charge < -0.3 is 5.73 Å². The Kier molecular flexibility index (Phi) is 2.41. The van der Waals surface area contributed by atoms with Crippen molar-refractivity contribution in [3.05, 3.63) is 29.8 Å². The second-order valence-corrected chi connectivity index (χ2v) is 3.76. The van der Waals surface area contributed by atoms with E-state index in [0.29, 0.717) is 18.5 Å². The number of amides is 2. The van der Waals surface area contributed by atoms with Gasteiger partial charge in [0, 0.05) is 12.1 Å². The second kappa shape index (κ2) is 3.73. The van der Waals surface area contributed by atoms with Crippen molar-refractivity contribution in [2.24, 2.45) is 5.92 Å². The van der Waals surface area contributed by atoms with Crippen molar-refractivity contribution in [3.8, 4) is 0 Å². The summed E-state index contributed by atoms with van der Waals surface area (Å²) in [6.45, 7) is 0. The summed E-state index contributed by atoms with van der Waals surface area (Å²) >= 11 is 0. The van der Waals surface area contributed by atoms with Crippen LogP contribution in [0.3, 0.4) is 0 Å². The molecule has 0 bridgehead atoms. The van der Waals surface area contributed by atoms with Crippen LogP contribution in [0.15, 0.2) is 24.3 Å². The SMILES string of the molecule is Nc1ccc(C[C@@H]2CC(=O)NC2=O)cc1. The number of nitrogen functional groups attached to an aromatic ring is 1. The monoisotopic (exact) mass is 204 g/mol. The van der Waals surface area contributed by atoms with Gasteiger partial charge in [-0.15, -0.1) is 0 Å². The first-order valence-electron chi connectivity index (χ1n) is 4.83. The molecule has 15 heavy (non-hydrogen) atoms. The lowest BCUT2D eigenvalue weighted by atomic mass is 9.98. The van der Waals surface area contributed by atoms with E-state index in [0.717, 1.165) is 5.56 Å². The average Bonchev–Trinajstić information content (AvgIpc) is 2.49. The molecule has 0 unspecified atom stereocenters. The summed E-state index contributed by atoms with van der Waals surface area (Å²) < 4.78 is 0. The van der Waals surface area contributed by atoms with Crippen LogP contribution < -0.4 is 11.1 Å². The van der Waals surface area contributed by atoms with E-state index in [2.05, 4.69) is 5.32 Å². The molecule has 2 amide bonds. The van der Waals surface area contributed by atoms with E-state index in [-0.39, 0.29) is 17.7 Å². The lowest BCUT2D eigenvalue weighted by Crippen LogP contribution is -2.22. The van der Waals surface area contributed by atoms with Gasteiger partial charge in [0.2, 0.25) is 11.8 Å². The van der Waals surface area contributed by atoms with Gasteiger partial charge in [-0.2, -0.15) is 0 Å². The molecule has 4 nitrogen and oxygen atoms in total. The Morgan fingerprint density at radius 2 is 1.93 bits per heavy atom. The first-order chi connectivity index (χ1) is 7.15. The van der Waals surface area contributed by atoms with Crippen molar-refractivity contribution in [3.63, 3.8) is 0 Å². The van der Waals surface area contributed by atoms with E-state index in [4.69, 9.17) is 5.73 Å². The fraction of sp³-hybridized carbons (Fsp3) is 0.273. The molecule has 1 aliphatic heterocycles. The van der Waals surface area contributed by atoms with Gasteiger partial charge in [-0.05, 0) is 24.1 Å². The maximum absolute atomic E-state index is 11.3. The normalized spacial score (nSPS) is 20.4. The van der Waals surface area contributed by atoms with E-state index in [1.807, 2.05) is 12.1 Å². The number of imide groups is 1. The molecule has 1 saturated heterocycles. The predicted octanol–water partition coefficient (Wildman–Crippen LogP) is 0.474.